The number of Topliss-reactive ketones (excluding diaryl/α,β-unsaturated/α-hetero) is 1. The maximum absolute atomic E-state index is 13.1. The monoisotopic (exact) mass is 388 g/mol. The van der Waals surface area contributed by atoms with Crippen LogP contribution in [-0.2, 0) is 4.79 Å². The molecule has 148 valence electrons. The molecule has 5 nitrogen and oxygen atoms in total. The van der Waals surface area contributed by atoms with Gasteiger partial charge >= 0.3 is 6.09 Å². The summed E-state index contributed by atoms with van der Waals surface area (Å²) < 4.78 is 0. The number of hydrogen-bond acceptors (Lipinski definition) is 3. The average molecular weight is 388 g/mol. The van der Waals surface area contributed by atoms with Crippen molar-refractivity contribution in [1.29, 1.82) is 0 Å². The zero-order valence-corrected chi connectivity index (χ0v) is 16.0. The van der Waals surface area contributed by atoms with Gasteiger partial charge in [-0.15, -0.1) is 0 Å². The van der Waals surface area contributed by atoms with Gasteiger partial charge in [-0.2, -0.15) is 0 Å². The second-order valence-electron chi connectivity index (χ2n) is 6.88. The Morgan fingerprint density at radius 1 is 0.759 bits per heavy atom. The standard InChI is InChI=1S/C24H24N2O3/c25-26(24(28)29)23(20-14-8-3-9-15-20)22(27)17-16-21(18-10-4-1-5-11-18)19-12-6-2-7-13-19/h1-15,21,23H,16-17,25H2,(H,28,29). The second-order valence-corrected chi connectivity index (χ2v) is 6.88. The summed E-state index contributed by atoms with van der Waals surface area (Å²) in [4.78, 5) is 24.5. The van der Waals surface area contributed by atoms with Crippen molar-refractivity contribution < 1.29 is 14.7 Å². The Morgan fingerprint density at radius 3 is 1.59 bits per heavy atom. The Kier molecular flexibility index (Phi) is 6.76. The molecule has 3 aromatic carbocycles. The normalized spacial score (nSPS) is 11.8. The van der Waals surface area contributed by atoms with Crippen molar-refractivity contribution in [2.45, 2.75) is 24.8 Å². The number of carbonyl (C=O) groups excluding carboxylic acids is 1. The minimum Gasteiger partial charge on any atom is -0.464 e. The summed E-state index contributed by atoms with van der Waals surface area (Å²) >= 11 is 0. The molecule has 0 bridgehead atoms. The fraction of sp³-hybridized carbons (Fsp3) is 0.167. The van der Waals surface area contributed by atoms with E-state index in [2.05, 4.69) is 0 Å². The van der Waals surface area contributed by atoms with Crippen LogP contribution in [0.1, 0.15) is 41.5 Å². The smallest absolute Gasteiger partial charge is 0.422 e. The molecule has 0 aromatic heterocycles. The van der Waals surface area contributed by atoms with E-state index in [4.69, 9.17) is 5.84 Å². The first-order valence-corrected chi connectivity index (χ1v) is 9.52. The Morgan fingerprint density at radius 2 is 1.17 bits per heavy atom. The van der Waals surface area contributed by atoms with Gasteiger partial charge in [0.1, 0.15) is 6.04 Å². The molecular formula is C24H24N2O3. The van der Waals surface area contributed by atoms with Gasteiger partial charge in [0.15, 0.2) is 5.78 Å². The molecule has 0 saturated carbocycles. The van der Waals surface area contributed by atoms with Crippen molar-refractivity contribution in [1.82, 2.24) is 5.01 Å². The molecule has 3 aromatic rings. The predicted molar refractivity (Wildman–Crippen MR) is 112 cm³/mol. The van der Waals surface area contributed by atoms with Crippen molar-refractivity contribution in [3.63, 3.8) is 0 Å². The molecular weight excluding hydrogens is 364 g/mol. The van der Waals surface area contributed by atoms with E-state index in [1.807, 2.05) is 66.7 Å². The van der Waals surface area contributed by atoms with E-state index in [1.165, 1.54) is 0 Å². The second kappa shape index (κ2) is 9.66. The van der Waals surface area contributed by atoms with E-state index >= 15 is 0 Å². The molecule has 0 spiro atoms. The molecule has 1 atom stereocenters. The molecule has 3 N–H and O–H groups in total. The summed E-state index contributed by atoms with van der Waals surface area (Å²) in [7, 11) is 0. The third kappa shape index (κ3) is 5.09. The van der Waals surface area contributed by atoms with E-state index in [0.717, 1.165) is 11.1 Å². The Labute approximate surface area is 170 Å². The zero-order chi connectivity index (χ0) is 20.6. The van der Waals surface area contributed by atoms with Crippen LogP contribution >= 0.6 is 0 Å². The third-order valence-corrected chi connectivity index (χ3v) is 5.00. The van der Waals surface area contributed by atoms with Crippen LogP contribution in [-0.4, -0.2) is 22.0 Å². The molecule has 0 heterocycles. The first kappa shape index (κ1) is 20.3. The first-order chi connectivity index (χ1) is 14.1. The number of carboxylic acid groups (broad SMARTS) is 1. The number of carbonyl (C=O) groups is 2. The van der Waals surface area contributed by atoms with Crippen molar-refractivity contribution >= 4 is 11.9 Å². The SMILES string of the molecule is NN(C(=O)O)C(C(=O)CCC(c1ccccc1)c1ccccc1)c1ccccc1. The third-order valence-electron chi connectivity index (χ3n) is 5.00. The zero-order valence-electron chi connectivity index (χ0n) is 16.0. The lowest BCUT2D eigenvalue weighted by molar-refractivity contribution is -0.124. The largest absolute Gasteiger partial charge is 0.464 e. The molecule has 1 unspecified atom stereocenters. The maximum atomic E-state index is 13.1. The lowest BCUT2D eigenvalue weighted by atomic mass is 9.85. The van der Waals surface area contributed by atoms with Gasteiger partial charge in [0.25, 0.3) is 0 Å². The van der Waals surface area contributed by atoms with Crippen LogP contribution in [0.2, 0.25) is 0 Å². The summed E-state index contributed by atoms with van der Waals surface area (Å²) in [6, 6.07) is 27.8. The van der Waals surface area contributed by atoms with Crippen LogP contribution < -0.4 is 5.84 Å². The van der Waals surface area contributed by atoms with E-state index in [0.29, 0.717) is 17.0 Å². The summed E-state index contributed by atoms with van der Waals surface area (Å²) in [6.45, 7) is 0. The van der Waals surface area contributed by atoms with Crippen LogP contribution in [0.25, 0.3) is 0 Å². The topological polar surface area (TPSA) is 83.6 Å². The minimum atomic E-state index is -1.34. The molecule has 1 amide bonds. The fourth-order valence-corrected chi connectivity index (χ4v) is 3.57. The number of nitrogens with two attached hydrogens (primary N) is 1. The highest BCUT2D eigenvalue weighted by atomic mass is 16.4. The molecule has 0 fully saturated rings. The number of amides is 1. The average Bonchev–Trinajstić information content (AvgIpc) is 2.76. The minimum absolute atomic E-state index is 0.0359. The summed E-state index contributed by atoms with van der Waals surface area (Å²) in [5, 5.41) is 9.94. The number of hydrazine groups is 1. The highest BCUT2D eigenvalue weighted by Crippen LogP contribution is 2.31. The quantitative estimate of drug-likeness (QED) is 0.331. The highest BCUT2D eigenvalue weighted by Gasteiger charge is 2.29. The van der Waals surface area contributed by atoms with Gasteiger partial charge in [-0.05, 0) is 23.1 Å². The molecule has 0 saturated heterocycles. The van der Waals surface area contributed by atoms with Crippen LogP contribution in [0, 0.1) is 0 Å². The summed E-state index contributed by atoms with van der Waals surface area (Å²) in [5.74, 6) is 5.55. The Bertz CT molecular complexity index is 891. The Balaban J connectivity index is 1.83. The number of ketones is 1. The van der Waals surface area contributed by atoms with Gasteiger partial charge in [-0.3, -0.25) is 4.79 Å². The molecule has 29 heavy (non-hydrogen) atoms. The van der Waals surface area contributed by atoms with Gasteiger partial charge < -0.3 is 5.11 Å². The van der Waals surface area contributed by atoms with E-state index < -0.39 is 12.1 Å². The molecule has 0 aliphatic carbocycles. The van der Waals surface area contributed by atoms with Gasteiger partial charge in [-0.1, -0.05) is 91.0 Å². The highest BCUT2D eigenvalue weighted by molar-refractivity contribution is 5.88. The van der Waals surface area contributed by atoms with Crippen LogP contribution in [0.15, 0.2) is 91.0 Å². The van der Waals surface area contributed by atoms with Crippen molar-refractivity contribution in [3.8, 4) is 0 Å². The fourth-order valence-electron chi connectivity index (χ4n) is 3.57. The van der Waals surface area contributed by atoms with Gasteiger partial charge in [0.2, 0.25) is 0 Å². The number of hydrogen-bond donors (Lipinski definition) is 2. The number of nitrogens with zero attached hydrogens (tertiary/aromatic N) is 1. The number of benzene rings is 3. The lowest BCUT2D eigenvalue weighted by Gasteiger charge is -2.25. The summed E-state index contributed by atoms with van der Waals surface area (Å²) in [5.41, 5.74) is 2.80. The maximum Gasteiger partial charge on any atom is 0.422 e. The van der Waals surface area contributed by atoms with E-state index in [1.54, 1.807) is 24.3 Å². The van der Waals surface area contributed by atoms with Crippen LogP contribution in [0.5, 0.6) is 0 Å². The Hall–Kier alpha value is -3.44. The van der Waals surface area contributed by atoms with Crippen LogP contribution in [0.3, 0.4) is 0 Å². The first-order valence-electron chi connectivity index (χ1n) is 9.52. The molecule has 0 aliphatic rings. The van der Waals surface area contributed by atoms with Gasteiger partial charge in [0, 0.05) is 12.3 Å². The summed E-state index contributed by atoms with van der Waals surface area (Å²) in [6.07, 6.45) is -0.576. The van der Waals surface area contributed by atoms with Gasteiger partial charge in [0.05, 0.1) is 0 Å². The molecule has 0 radical (unpaired) electrons. The molecule has 0 aliphatic heterocycles. The van der Waals surface area contributed by atoms with Crippen molar-refractivity contribution in [2.24, 2.45) is 5.84 Å². The number of rotatable bonds is 8. The van der Waals surface area contributed by atoms with Crippen molar-refractivity contribution in [2.75, 3.05) is 0 Å². The van der Waals surface area contributed by atoms with E-state index in [9.17, 15) is 14.7 Å². The molecule has 3 rings (SSSR count). The lowest BCUT2D eigenvalue weighted by Crippen LogP contribution is -2.43. The van der Waals surface area contributed by atoms with Crippen molar-refractivity contribution in [3.05, 3.63) is 108 Å². The van der Waals surface area contributed by atoms with E-state index in [-0.39, 0.29) is 18.1 Å². The van der Waals surface area contributed by atoms with Crippen LogP contribution in [0.4, 0.5) is 4.79 Å². The predicted octanol–water partition coefficient (Wildman–Crippen LogP) is 4.76. The molecule has 5 heteroatoms. The van der Waals surface area contributed by atoms with Gasteiger partial charge in [-0.25, -0.2) is 15.6 Å².